The van der Waals surface area contributed by atoms with Crippen LogP contribution in [0.25, 0.3) is 0 Å². The Morgan fingerprint density at radius 2 is 1.67 bits per heavy atom. The lowest BCUT2D eigenvalue weighted by molar-refractivity contribution is -0.139. The Bertz CT molecular complexity index is 1070. The van der Waals surface area contributed by atoms with Crippen molar-refractivity contribution in [3.63, 3.8) is 0 Å². The van der Waals surface area contributed by atoms with Crippen LogP contribution < -0.4 is 5.32 Å². The van der Waals surface area contributed by atoms with E-state index in [1.54, 1.807) is 23.1 Å². The fourth-order valence-electron chi connectivity index (χ4n) is 4.15. The molecule has 2 aliphatic rings. The van der Waals surface area contributed by atoms with Gasteiger partial charge in [0.2, 0.25) is 17.7 Å². The minimum Gasteiger partial charge on any atom is -0.331 e. The van der Waals surface area contributed by atoms with Crippen LogP contribution in [0.2, 0.25) is 10.0 Å². The molecule has 0 bridgehead atoms. The van der Waals surface area contributed by atoms with Crippen LogP contribution in [0.3, 0.4) is 0 Å². The molecule has 1 N–H and O–H groups in total. The van der Waals surface area contributed by atoms with E-state index < -0.39 is 6.04 Å². The van der Waals surface area contributed by atoms with Gasteiger partial charge in [-0.3, -0.25) is 14.4 Å². The number of rotatable bonds is 6. The summed E-state index contributed by atoms with van der Waals surface area (Å²) in [6.45, 7) is 0.996. The molecule has 1 saturated heterocycles. The predicted octanol–water partition coefficient (Wildman–Crippen LogP) is 4.34. The normalized spacial score (nSPS) is 17.8. The summed E-state index contributed by atoms with van der Waals surface area (Å²) in [5.41, 5.74) is 2.34. The van der Waals surface area contributed by atoms with Crippen LogP contribution in [0, 0.1) is 0 Å². The molecule has 2 aliphatic heterocycles. The number of benzene rings is 2. The molecule has 0 saturated carbocycles. The van der Waals surface area contributed by atoms with Crippen LogP contribution in [-0.4, -0.2) is 52.5 Å². The predicted molar refractivity (Wildman–Crippen MR) is 128 cm³/mol. The Kier molecular flexibility index (Phi) is 7.30. The Balaban J connectivity index is 1.32. The molecule has 0 radical (unpaired) electrons. The summed E-state index contributed by atoms with van der Waals surface area (Å²) < 4.78 is 0. The fourth-order valence-corrected chi connectivity index (χ4v) is 4.67. The van der Waals surface area contributed by atoms with Gasteiger partial charge in [0, 0.05) is 41.5 Å². The third-order valence-electron chi connectivity index (χ3n) is 5.76. The highest BCUT2D eigenvalue weighted by Gasteiger charge is 2.34. The van der Waals surface area contributed by atoms with E-state index in [-0.39, 0.29) is 30.6 Å². The van der Waals surface area contributed by atoms with Gasteiger partial charge in [0.1, 0.15) is 6.04 Å². The van der Waals surface area contributed by atoms with Crippen LogP contribution >= 0.6 is 23.2 Å². The summed E-state index contributed by atoms with van der Waals surface area (Å²) in [6.07, 6.45) is 2.07. The highest BCUT2D eigenvalue weighted by atomic mass is 35.5. The number of hydrogen-bond acceptors (Lipinski definition) is 4. The highest BCUT2D eigenvalue weighted by molar-refractivity contribution is 6.35. The zero-order valence-corrected chi connectivity index (χ0v) is 19.5. The van der Waals surface area contributed by atoms with Gasteiger partial charge in [-0.15, -0.1) is 0 Å². The average molecular weight is 487 g/mol. The van der Waals surface area contributed by atoms with Crippen LogP contribution in [-0.2, 0) is 14.4 Å². The first kappa shape index (κ1) is 23.3. The van der Waals surface area contributed by atoms with E-state index in [1.165, 1.54) is 5.01 Å². The number of nitrogens with zero attached hydrogens (tertiary/aromatic N) is 3. The quantitative estimate of drug-likeness (QED) is 0.658. The summed E-state index contributed by atoms with van der Waals surface area (Å²) in [5, 5.41) is 9.48. The third kappa shape index (κ3) is 5.72. The number of nitrogens with one attached hydrogen (secondary N) is 1. The minimum atomic E-state index is -0.583. The summed E-state index contributed by atoms with van der Waals surface area (Å²) in [7, 11) is 0. The number of carbonyl (C=O) groups excluding carboxylic acids is 3. The maximum atomic E-state index is 12.8. The number of hydrazone groups is 1. The average Bonchev–Trinajstić information content (AvgIpc) is 3.47. The van der Waals surface area contributed by atoms with Gasteiger partial charge in [0.05, 0.1) is 12.3 Å². The van der Waals surface area contributed by atoms with Crippen molar-refractivity contribution in [3.8, 4) is 0 Å². The van der Waals surface area contributed by atoms with Crippen LogP contribution in [0.5, 0.6) is 0 Å². The Morgan fingerprint density at radius 3 is 2.39 bits per heavy atom. The van der Waals surface area contributed by atoms with Crippen LogP contribution in [0.1, 0.15) is 37.7 Å². The number of anilines is 1. The molecule has 2 aromatic rings. The van der Waals surface area contributed by atoms with Crippen molar-refractivity contribution in [1.82, 2.24) is 9.91 Å². The monoisotopic (exact) mass is 486 g/mol. The number of halogens is 2. The van der Waals surface area contributed by atoms with E-state index in [2.05, 4.69) is 10.4 Å². The summed E-state index contributed by atoms with van der Waals surface area (Å²) in [6, 6.07) is 13.9. The molecule has 1 unspecified atom stereocenters. The molecular weight excluding hydrogens is 463 g/mol. The van der Waals surface area contributed by atoms with Gasteiger partial charge in [0.25, 0.3) is 0 Å². The Morgan fingerprint density at radius 1 is 0.970 bits per heavy atom. The first-order valence-corrected chi connectivity index (χ1v) is 11.7. The maximum absolute atomic E-state index is 12.8. The molecule has 2 heterocycles. The van der Waals surface area contributed by atoms with Crippen LogP contribution in [0.4, 0.5) is 5.69 Å². The van der Waals surface area contributed by atoms with E-state index in [4.69, 9.17) is 23.2 Å². The van der Waals surface area contributed by atoms with Gasteiger partial charge in [-0.1, -0.05) is 53.5 Å². The second-order valence-corrected chi connectivity index (χ2v) is 8.95. The smallest absolute Gasteiger partial charge is 0.247 e. The zero-order chi connectivity index (χ0) is 23.4. The zero-order valence-electron chi connectivity index (χ0n) is 18.0. The molecule has 0 aromatic heterocycles. The van der Waals surface area contributed by atoms with E-state index in [9.17, 15) is 14.4 Å². The highest BCUT2D eigenvalue weighted by Crippen LogP contribution is 2.25. The fraction of sp³-hybridized carbons (Fsp3) is 0.333. The topological polar surface area (TPSA) is 82.1 Å². The molecule has 0 spiro atoms. The SMILES string of the molecule is O=C(Nc1cc(Cl)cc(Cl)c1)C1CCCN1C(=O)CCC(=O)N1CCC(c2ccccc2)=N1. The molecule has 7 nitrogen and oxygen atoms in total. The number of likely N-dealkylation sites (tertiary alicyclic amines) is 1. The molecule has 3 amide bonds. The second kappa shape index (κ2) is 10.4. The van der Waals surface area contributed by atoms with Gasteiger partial charge in [-0.2, -0.15) is 5.10 Å². The first-order valence-electron chi connectivity index (χ1n) is 10.9. The molecule has 4 rings (SSSR count). The van der Waals surface area contributed by atoms with Gasteiger partial charge in [-0.05, 0) is 36.6 Å². The first-order chi connectivity index (χ1) is 15.9. The van der Waals surface area contributed by atoms with Crippen LogP contribution in [0.15, 0.2) is 53.6 Å². The van der Waals surface area contributed by atoms with E-state index in [1.807, 2.05) is 30.3 Å². The molecule has 172 valence electrons. The van der Waals surface area contributed by atoms with Crippen molar-refractivity contribution < 1.29 is 14.4 Å². The van der Waals surface area contributed by atoms with Crippen molar-refractivity contribution in [2.45, 2.75) is 38.1 Å². The third-order valence-corrected chi connectivity index (χ3v) is 6.19. The minimum absolute atomic E-state index is 0.0400. The van der Waals surface area contributed by atoms with Gasteiger partial charge < -0.3 is 10.2 Å². The lowest BCUT2D eigenvalue weighted by Gasteiger charge is -2.24. The van der Waals surface area contributed by atoms with Crippen molar-refractivity contribution in [3.05, 3.63) is 64.1 Å². The maximum Gasteiger partial charge on any atom is 0.247 e. The van der Waals surface area contributed by atoms with Gasteiger partial charge in [0.15, 0.2) is 0 Å². The number of amides is 3. The van der Waals surface area contributed by atoms with E-state index >= 15 is 0 Å². The summed E-state index contributed by atoms with van der Waals surface area (Å²) >= 11 is 12.0. The largest absolute Gasteiger partial charge is 0.331 e. The van der Waals surface area contributed by atoms with Crippen molar-refractivity contribution in [2.24, 2.45) is 5.10 Å². The van der Waals surface area contributed by atoms with Gasteiger partial charge in [-0.25, -0.2) is 5.01 Å². The number of hydrogen-bond donors (Lipinski definition) is 1. The summed E-state index contributed by atoms with van der Waals surface area (Å²) in [5.74, 6) is -0.693. The molecular formula is C24H24Cl2N4O3. The Labute approximate surface area is 202 Å². The Hall–Kier alpha value is -2.90. The standard InChI is InChI=1S/C24H24Cl2N4O3/c25-17-13-18(26)15-19(14-17)27-24(33)21-7-4-11-29(21)22(31)8-9-23(32)30-12-10-20(28-30)16-5-2-1-3-6-16/h1-3,5-6,13-15,21H,4,7-12H2,(H,27,33). The molecule has 2 aromatic carbocycles. The lowest BCUT2D eigenvalue weighted by atomic mass is 10.1. The summed E-state index contributed by atoms with van der Waals surface area (Å²) in [4.78, 5) is 39.8. The molecule has 1 atom stereocenters. The van der Waals surface area contributed by atoms with Crippen molar-refractivity contribution >= 4 is 52.3 Å². The van der Waals surface area contributed by atoms with E-state index in [0.717, 1.165) is 17.7 Å². The lowest BCUT2D eigenvalue weighted by Crippen LogP contribution is -2.43. The number of carbonyl (C=O) groups is 3. The molecule has 0 aliphatic carbocycles. The second-order valence-electron chi connectivity index (χ2n) is 8.07. The van der Waals surface area contributed by atoms with Crippen molar-refractivity contribution in [1.29, 1.82) is 0 Å². The molecule has 9 heteroatoms. The molecule has 1 fully saturated rings. The van der Waals surface area contributed by atoms with Crippen molar-refractivity contribution in [2.75, 3.05) is 18.4 Å². The molecule has 33 heavy (non-hydrogen) atoms. The van der Waals surface area contributed by atoms with E-state index in [0.29, 0.717) is 41.7 Å². The van der Waals surface area contributed by atoms with Gasteiger partial charge >= 0.3 is 0 Å².